The molecule has 3 atom stereocenters. The van der Waals surface area contributed by atoms with Crippen molar-refractivity contribution in [1.82, 2.24) is 15.1 Å². The lowest BCUT2D eigenvalue weighted by Gasteiger charge is -2.32. The highest BCUT2D eigenvalue weighted by atomic mass is 16.2. The van der Waals surface area contributed by atoms with Gasteiger partial charge in [-0.2, -0.15) is 0 Å². The molecule has 0 radical (unpaired) electrons. The van der Waals surface area contributed by atoms with Gasteiger partial charge < -0.3 is 15.1 Å². The summed E-state index contributed by atoms with van der Waals surface area (Å²) in [7, 11) is 0. The minimum Gasteiger partial charge on any atom is -0.339 e. The lowest BCUT2D eigenvalue weighted by atomic mass is 10.1. The van der Waals surface area contributed by atoms with Gasteiger partial charge in [-0.1, -0.05) is 6.92 Å². The highest BCUT2D eigenvalue weighted by Crippen LogP contribution is 2.23. The molecule has 112 valence electrons. The summed E-state index contributed by atoms with van der Waals surface area (Å²) in [5.74, 6) is 0.316. The Labute approximate surface area is 120 Å². The molecule has 0 aromatic carbocycles. The van der Waals surface area contributed by atoms with Gasteiger partial charge in [0.05, 0.1) is 0 Å². The maximum Gasteiger partial charge on any atom is 0.245 e. The van der Waals surface area contributed by atoms with Crippen LogP contribution in [0.3, 0.4) is 0 Å². The number of carbonyl (C=O) groups excluding carboxylic acids is 2. The minimum atomic E-state index is -0.235. The fourth-order valence-corrected chi connectivity index (χ4v) is 3.88. The van der Waals surface area contributed by atoms with Crippen LogP contribution < -0.4 is 5.32 Å². The molecule has 5 heteroatoms. The first-order chi connectivity index (χ1) is 9.69. The third kappa shape index (κ3) is 2.55. The second-order valence-corrected chi connectivity index (χ2v) is 6.33. The van der Waals surface area contributed by atoms with E-state index < -0.39 is 0 Å². The predicted octanol–water partition coefficient (Wildman–Crippen LogP) is 0.740. The second-order valence-electron chi connectivity index (χ2n) is 6.33. The lowest BCUT2D eigenvalue weighted by Crippen LogP contribution is -2.51. The summed E-state index contributed by atoms with van der Waals surface area (Å²) in [6, 6.07) is 0.811. The fraction of sp³-hybridized carbons (Fsp3) is 0.867. The smallest absolute Gasteiger partial charge is 0.245 e. The Bertz CT molecular complexity index is 399. The molecule has 2 amide bonds. The Morgan fingerprint density at radius 2 is 2.10 bits per heavy atom. The SMILES string of the molecule is CCC(C(=O)N1CCC2CCC(C1)N2)N1CCCC1=O. The van der Waals surface area contributed by atoms with E-state index in [1.165, 1.54) is 12.8 Å². The van der Waals surface area contributed by atoms with Crippen LogP contribution in [0.1, 0.15) is 45.4 Å². The molecule has 3 aliphatic rings. The van der Waals surface area contributed by atoms with Crippen LogP contribution in [-0.4, -0.2) is 59.4 Å². The highest BCUT2D eigenvalue weighted by molar-refractivity contribution is 5.88. The number of hydrogen-bond acceptors (Lipinski definition) is 3. The maximum atomic E-state index is 12.8. The van der Waals surface area contributed by atoms with Crippen LogP contribution >= 0.6 is 0 Å². The molecule has 0 aromatic heterocycles. The van der Waals surface area contributed by atoms with Gasteiger partial charge in [0.15, 0.2) is 0 Å². The van der Waals surface area contributed by atoms with Crippen molar-refractivity contribution in [3.8, 4) is 0 Å². The Kier molecular flexibility index (Phi) is 3.96. The molecule has 2 bridgehead atoms. The average molecular weight is 279 g/mol. The third-order valence-electron chi connectivity index (χ3n) is 4.99. The zero-order chi connectivity index (χ0) is 14.1. The van der Waals surface area contributed by atoms with E-state index in [0.29, 0.717) is 18.5 Å². The van der Waals surface area contributed by atoms with E-state index in [1.54, 1.807) is 4.90 Å². The predicted molar refractivity (Wildman–Crippen MR) is 76.2 cm³/mol. The third-order valence-corrected chi connectivity index (χ3v) is 4.99. The standard InChI is InChI=1S/C15H25N3O2/c1-2-13(18-8-3-4-14(18)19)15(20)17-9-7-11-5-6-12(10-17)16-11/h11-13,16H,2-10H2,1H3. The van der Waals surface area contributed by atoms with Gasteiger partial charge in [0, 0.05) is 38.1 Å². The molecule has 3 aliphatic heterocycles. The van der Waals surface area contributed by atoms with Gasteiger partial charge in [0.2, 0.25) is 11.8 Å². The van der Waals surface area contributed by atoms with Crippen molar-refractivity contribution in [2.45, 2.75) is 63.6 Å². The molecular formula is C15H25N3O2. The number of nitrogens with zero attached hydrogens (tertiary/aromatic N) is 2. The average Bonchev–Trinajstić information content (AvgIpc) is 2.97. The largest absolute Gasteiger partial charge is 0.339 e. The number of hydrogen-bond donors (Lipinski definition) is 1. The number of nitrogens with one attached hydrogen (secondary N) is 1. The van der Waals surface area contributed by atoms with E-state index in [4.69, 9.17) is 0 Å². The topological polar surface area (TPSA) is 52.7 Å². The van der Waals surface area contributed by atoms with Crippen molar-refractivity contribution in [3.05, 3.63) is 0 Å². The summed E-state index contributed by atoms with van der Waals surface area (Å²) in [5, 5.41) is 3.60. The molecule has 3 heterocycles. The lowest BCUT2D eigenvalue weighted by molar-refractivity contribution is -0.143. The molecule has 0 spiro atoms. The van der Waals surface area contributed by atoms with E-state index in [1.807, 2.05) is 11.8 Å². The Hall–Kier alpha value is -1.10. The van der Waals surface area contributed by atoms with E-state index in [0.717, 1.165) is 38.9 Å². The molecule has 5 nitrogen and oxygen atoms in total. The van der Waals surface area contributed by atoms with Gasteiger partial charge in [0.1, 0.15) is 6.04 Å². The van der Waals surface area contributed by atoms with Gasteiger partial charge in [-0.3, -0.25) is 9.59 Å². The van der Waals surface area contributed by atoms with Crippen LogP contribution in [0.4, 0.5) is 0 Å². The highest BCUT2D eigenvalue weighted by Gasteiger charge is 2.37. The van der Waals surface area contributed by atoms with Crippen LogP contribution in [0.15, 0.2) is 0 Å². The quantitative estimate of drug-likeness (QED) is 0.829. The normalized spacial score (nSPS) is 31.6. The van der Waals surface area contributed by atoms with Gasteiger partial charge in [-0.25, -0.2) is 0 Å². The summed E-state index contributed by atoms with van der Waals surface area (Å²) < 4.78 is 0. The molecule has 3 unspecified atom stereocenters. The summed E-state index contributed by atoms with van der Waals surface area (Å²) in [6.07, 6.45) is 5.70. The zero-order valence-corrected chi connectivity index (χ0v) is 12.3. The van der Waals surface area contributed by atoms with Crippen LogP contribution in [0.5, 0.6) is 0 Å². The van der Waals surface area contributed by atoms with Crippen LogP contribution in [0.2, 0.25) is 0 Å². The second kappa shape index (κ2) is 5.72. The molecule has 3 fully saturated rings. The van der Waals surface area contributed by atoms with Crippen molar-refractivity contribution in [2.24, 2.45) is 0 Å². The summed E-state index contributed by atoms with van der Waals surface area (Å²) >= 11 is 0. The molecule has 3 rings (SSSR count). The van der Waals surface area contributed by atoms with Crippen LogP contribution in [0, 0.1) is 0 Å². The van der Waals surface area contributed by atoms with E-state index in [-0.39, 0.29) is 17.9 Å². The molecule has 0 aromatic rings. The van der Waals surface area contributed by atoms with Gasteiger partial charge in [-0.15, -0.1) is 0 Å². The molecule has 1 N–H and O–H groups in total. The first-order valence-electron chi connectivity index (χ1n) is 8.03. The summed E-state index contributed by atoms with van der Waals surface area (Å²) in [6.45, 7) is 4.41. The number of likely N-dealkylation sites (tertiary alicyclic amines) is 2. The minimum absolute atomic E-state index is 0.152. The first-order valence-corrected chi connectivity index (χ1v) is 8.03. The van der Waals surface area contributed by atoms with Gasteiger partial charge in [0.25, 0.3) is 0 Å². The number of amides is 2. The number of fused-ring (bicyclic) bond motifs is 2. The van der Waals surface area contributed by atoms with Crippen LogP contribution in [0.25, 0.3) is 0 Å². The van der Waals surface area contributed by atoms with Gasteiger partial charge in [-0.05, 0) is 32.1 Å². The van der Waals surface area contributed by atoms with Crippen LogP contribution in [-0.2, 0) is 9.59 Å². The van der Waals surface area contributed by atoms with Crippen molar-refractivity contribution >= 4 is 11.8 Å². The van der Waals surface area contributed by atoms with Crippen molar-refractivity contribution < 1.29 is 9.59 Å². The Morgan fingerprint density at radius 3 is 2.80 bits per heavy atom. The molecule has 3 saturated heterocycles. The van der Waals surface area contributed by atoms with Gasteiger partial charge >= 0.3 is 0 Å². The summed E-state index contributed by atoms with van der Waals surface area (Å²) in [5.41, 5.74) is 0. The number of rotatable bonds is 3. The zero-order valence-electron chi connectivity index (χ0n) is 12.3. The molecule has 0 aliphatic carbocycles. The molecule has 0 saturated carbocycles. The molecular weight excluding hydrogens is 254 g/mol. The van der Waals surface area contributed by atoms with E-state index in [2.05, 4.69) is 5.32 Å². The Morgan fingerprint density at radius 1 is 1.30 bits per heavy atom. The Balaban J connectivity index is 1.68. The maximum absolute atomic E-state index is 12.8. The van der Waals surface area contributed by atoms with Crippen molar-refractivity contribution in [1.29, 1.82) is 0 Å². The first kappa shape index (κ1) is 13.9. The van der Waals surface area contributed by atoms with E-state index >= 15 is 0 Å². The van der Waals surface area contributed by atoms with E-state index in [9.17, 15) is 9.59 Å². The number of carbonyl (C=O) groups is 2. The van der Waals surface area contributed by atoms with Crippen molar-refractivity contribution in [2.75, 3.05) is 19.6 Å². The summed E-state index contributed by atoms with van der Waals surface area (Å²) in [4.78, 5) is 28.5. The monoisotopic (exact) mass is 279 g/mol. The molecule has 20 heavy (non-hydrogen) atoms. The van der Waals surface area contributed by atoms with Crippen molar-refractivity contribution in [3.63, 3.8) is 0 Å². The fourth-order valence-electron chi connectivity index (χ4n) is 3.88.